The van der Waals surface area contributed by atoms with Crippen LogP contribution in [0.15, 0.2) is 55.2 Å². The van der Waals surface area contributed by atoms with Gasteiger partial charge in [0.2, 0.25) is 0 Å². The third-order valence-corrected chi connectivity index (χ3v) is 2.66. The molecule has 8 nitrogen and oxygen atoms in total. The van der Waals surface area contributed by atoms with Gasteiger partial charge < -0.3 is 4.74 Å². The van der Waals surface area contributed by atoms with Gasteiger partial charge in [0, 0.05) is 18.3 Å². The second-order valence-corrected chi connectivity index (χ2v) is 4.02. The highest BCUT2D eigenvalue weighted by Crippen LogP contribution is 2.29. The zero-order valence-corrected chi connectivity index (χ0v) is 10.7. The summed E-state index contributed by atoms with van der Waals surface area (Å²) in [5.41, 5.74) is 0.534. The van der Waals surface area contributed by atoms with Gasteiger partial charge in [-0.05, 0) is 18.2 Å². The molecule has 0 amide bonds. The van der Waals surface area contributed by atoms with Crippen LogP contribution in [-0.2, 0) is 0 Å². The van der Waals surface area contributed by atoms with Crippen LogP contribution in [0.1, 0.15) is 0 Å². The summed E-state index contributed by atoms with van der Waals surface area (Å²) in [5, 5.41) is 14.9. The first-order valence-electron chi connectivity index (χ1n) is 5.96. The summed E-state index contributed by atoms with van der Waals surface area (Å²) in [4.78, 5) is 18.1. The molecule has 0 spiro atoms. The number of hydrogen-bond donors (Lipinski definition) is 0. The van der Waals surface area contributed by atoms with Crippen LogP contribution in [0.25, 0.3) is 5.69 Å². The molecule has 1 aromatic carbocycles. The molecule has 0 aliphatic carbocycles. The second-order valence-electron chi connectivity index (χ2n) is 4.02. The summed E-state index contributed by atoms with van der Waals surface area (Å²) < 4.78 is 7.05. The number of pyridine rings is 1. The van der Waals surface area contributed by atoms with E-state index in [2.05, 4.69) is 15.1 Å². The maximum Gasteiger partial charge on any atom is 0.331 e. The molecule has 0 unspecified atom stereocenters. The number of hydrogen-bond acceptors (Lipinski definition) is 6. The Hall–Kier alpha value is -3.29. The van der Waals surface area contributed by atoms with Crippen molar-refractivity contribution in [3.05, 3.63) is 65.4 Å². The Balaban J connectivity index is 1.93. The molecule has 0 saturated carbocycles. The second kappa shape index (κ2) is 5.37. The predicted molar refractivity (Wildman–Crippen MR) is 72.3 cm³/mol. The van der Waals surface area contributed by atoms with E-state index < -0.39 is 4.92 Å². The lowest BCUT2D eigenvalue weighted by atomic mass is 10.3. The molecular formula is C13H9N5O3. The molecular weight excluding hydrogens is 274 g/mol. The Kier molecular flexibility index (Phi) is 3.26. The molecule has 3 rings (SSSR count). The van der Waals surface area contributed by atoms with Crippen molar-refractivity contribution in [3.63, 3.8) is 0 Å². The lowest BCUT2D eigenvalue weighted by Crippen LogP contribution is -1.97. The van der Waals surface area contributed by atoms with Gasteiger partial charge in [-0.15, -0.1) is 0 Å². The average molecular weight is 283 g/mol. The van der Waals surface area contributed by atoms with E-state index in [1.54, 1.807) is 29.2 Å². The van der Waals surface area contributed by atoms with Crippen molar-refractivity contribution in [1.82, 2.24) is 19.7 Å². The fourth-order valence-corrected chi connectivity index (χ4v) is 1.74. The summed E-state index contributed by atoms with van der Waals surface area (Å²) in [7, 11) is 0. The van der Waals surface area contributed by atoms with E-state index >= 15 is 0 Å². The summed E-state index contributed by atoms with van der Waals surface area (Å²) in [5.74, 6) is 0.364. The zero-order chi connectivity index (χ0) is 14.7. The molecule has 3 aromatic rings. The van der Waals surface area contributed by atoms with Crippen molar-refractivity contribution in [3.8, 4) is 17.3 Å². The normalized spacial score (nSPS) is 10.3. The van der Waals surface area contributed by atoms with Gasteiger partial charge in [-0.25, -0.2) is 14.6 Å². The zero-order valence-electron chi connectivity index (χ0n) is 10.7. The number of nitrogens with zero attached hydrogens (tertiary/aromatic N) is 5. The quantitative estimate of drug-likeness (QED) is 0.538. The van der Waals surface area contributed by atoms with Crippen LogP contribution in [0, 0.1) is 10.1 Å². The van der Waals surface area contributed by atoms with Crippen molar-refractivity contribution in [2.24, 2.45) is 0 Å². The molecule has 21 heavy (non-hydrogen) atoms. The Morgan fingerprint density at radius 3 is 2.90 bits per heavy atom. The van der Waals surface area contributed by atoms with Gasteiger partial charge in [0.1, 0.15) is 18.4 Å². The lowest BCUT2D eigenvalue weighted by Gasteiger charge is -2.06. The highest BCUT2D eigenvalue weighted by atomic mass is 16.6. The summed E-state index contributed by atoms with van der Waals surface area (Å²) >= 11 is 0. The number of rotatable bonds is 4. The summed E-state index contributed by atoms with van der Waals surface area (Å²) in [6.45, 7) is 0. The minimum absolute atomic E-state index is 0.0572. The minimum atomic E-state index is -0.538. The molecule has 0 N–H and O–H groups in total. The molecule has 2 heterocycles. The topological polar surface area (TPSA) is 96.0 Å². The van der Waals surface area contributed by atoms with Gasteiger partial charge in [-0.1, -0.05) is 6.07 Å². The number of aromatic nitrogens is 4. The summed E-state index contributed by atoms with van der Waals surface area (Å²) in [6.07, 6.45) is 4.39. The van der Waals surface area contributed by atoms with Crippen molar-refractivity contribution in [1.29, 1.82) is 0 Å². The van der Waals surface area contributed by atoms with Crippen LogP contribution < -0.4 is 4.74 Å². The number of ether oxygens (including phenoxy) is 1. The summed E-state index contributed by atoms with van der Waals surface area (Å²) in [6, 6.07) is 9.75. The molecule has 0 radical (unpaired) electrons. The first kappa shape index (κ1) is 12.7. The van der Waals surface area contributed by atoms with Crippen molar-refractivity contribution in [2.45, 2.75) is 0 Å². The predicted octanol–water partition coefficient (Wildman–Crippen LogP) is 2.36. The molecule has 0 aliphatic heterocycles. The first-order valence-corrected chi connectivity index (χ1v) is 5.96. The van der Waals surface area contributed by atoms with Crippen LogP contribution in [0.4, 0.5) is 5.69 Å². The Labute approximate surface area is 118 Å². The van der Waals surface area contributed by atoms with E-state index in [9.17, 15) is 10.1 Å². The molecule has 0 fully saturated rings. The number of benzene rings is 1. The average Bonchev–Trinajstić information content (AvgIpc) is 3.02. The molecule has 104 valence electrons. The molecule has 2 aromatic heterocycles. The van der Waals surface area contributed by atoms with Gasteiger partial charge in [0.25, 0.3) is 5.88 Å². The van der Waals surface area contributed by atoms with E-state index in [4.69, 9.17) is 4.74 Å². The molecule has 0 saturated heterocycles. The van der Waals surface area contributed by atoms with Crippen molar-refractivity contribution in [2.75, 3.05) is 0 Å². The number of nitro groups is 1. The minimum Gasteiger partial charge on any atom is -0.434 e. The molecule has 0 bridgehead atoms. The van der Waals surface area contributed by atoms with E-state index in [-0.39, 0.29) is 11.6 Å². The van der Waals surface area contributed by atoms with Gasteiger partial charge in [-0.2, -0.15) is 5.10 Å². The maximum atomic E-state index is 10.9. The van der Waals surface area contributed by atoms with Gasteiger partial charge in [0.15, 0.2) is 0 Å². The highest BCUT2D eigenvalue weighted by Gasteiger charge is 2.16. The van der Waals surface area contributed by atoms with Crippen LogP contribution in [0.3, 0.4) is 0 Å². The molecule has 0 aliphatic rings. The van der Waals surface area contributed by atoms with Crippen LogP contribution in [0.2, 0.25) is 0 Å². The Morgan fingerprint density at radius 2 is 2.14 bits per heavy atom. The van der Waals surface area contributed by atoms with Gasteiger partial charge in [0.05, 0.1) is 10.6 Å². The van der Waals surface area contributed by atoms with E-state index in [1.807, 2.05) is 6.07 Å². The van der Waals surface area contributed by atoms with Crippen molar-refractivity contribution < 1.29 is 9.66 Å². The van der Waals surface area contributed by atoms with Gasteiger partial charge in [-0.3, -0.25) is 10.1 Å². The van der Waals surface area contributed by atoms with E-state index in [0.717, 1.165) is 5.69 Å². The first-order chi connectivity index (χ1) is 10.2. The Morgan fingerprint density at radius 1 is 1.24 bits per heavy atom. The smallest absolute Gasteiger partial charge is 0.331 e. The lowest BCUT2D eigenvalue weighted by molar-refractivity contribution is -0.386. The maximum absolute atomic E-state index is 10.9. The van der Waals surface area contributed by atoms with Crippen LogP contribution >= 0.6 is 0 Å². The van der Waals surface area contributed by atoms with Crippen molar-refractivity contribution >= 4 is 5.69 Å². The third-order valence-electron chi connectivity index (χ3n) is 2.66. The van der Waals surface area contributed by atoms with Crippen LogP contribution in [-0.4, -0.2) is 24.7 Å². The molecule has 8 heteroatoms. The van der Waals surface area contributed by atoms with Crippen LogP contribution in [0.5, 0.6) is 11.6 Å². The Bertz CT molecular complexity index is 773. The van der Waals surface area contributed by atoms with E-state index in [1.165, 1.54) is 24.7 Å². The van der Waals surface area contributed by atoms with Gasteiger partial charge >= 0.3 is 5.69 Å². The molecule has 0 atom stereocenters. The van der Waals surface area contributed by atoms with E-state index in [0.29, 0.717) is 5.75 Å². The SMILES string of the molecule is O=[N+]([O-])c1cccnc1Oc1cccc(-n2cncn2)c1. The fourth-order valence-electron chi connectivity index (χ4n) is 1.74. The highest BCUT2D eigenvalue weighted by molar-refractivity contribution is 5.45. The monoisotopic (exact) mass is 283 g/mol. The standard InChI is InChI=1S/C13H9N5O3/c19-18(20)12-5-2-6-15-13(12)21-11-4-1-3-10(7-11)17-9-14-8-16-17/h1-9H. The largest absolute Gasteiger partial charge is 0.434 e. The fraction of sp³-hybridized carbons (Fsp3) is 0. The third kappa shape index (κ3) is 2.68.